The molecule has 0 radical (unpaired) electrons. The van der Waals surface area contributed by atoms with Crippen molar-refractivity contribution in [1.29, 1.82) is 0 Å². The molecule has 0 bridgehead atoms. The van der Waals surface area contributed by atoms with E-state index in [1.165, 1.54) is 4.31 Å². The number of piperidine rings is 1. The Morgan fingerprint density at radius 1 is 1.20 bits per heavy atom. The molecule has 0 N–H and O–H groups in total. The number of aryl methyl sites for hydroxylation is 1. The standard InChI is InChI=1S/C18H25N3O3S/c1-13-19-17(24-20-13)14-6-5-11-21(12-14)25(22,23)16-9-7-15(8-10-16)18(2,3)4/h7-10,14H,5-6,11-12H2,1-4H3. The minimum atomic E-state index is -3.51. The molecule has 1 aliphatic heterocycles. The predicted molar refractivity (Wildman–Crippen MR) is 94.9 cm³/mol. The van der Waals surface area contributed by atoms with Crippen LogP contribution in [0.4, 0.5) is 0 Å². The van der Waals surface area contributed by atoms with Crippen molar-refractivity contribution in [2.75, 3.05) is 13.1 Å². The molecule has 0 spiro atoms. The zero-order valence-electron chi connectivity index (χ0n) is 15.2. The van der Waals surface area contributed by atoms with Crippen LogP contribution < -0.4 is 0 Å². The van der Waals surface area contributed by atoms with Crippen molar-refractivity contribution in [3.05, 3.63) is 41.5 Å². The number of benzene rings is 1. The van der Waals surface area contributed by atoms with Gasteiger partial charge in [0.25, 0.3) is 0 Å². The Kier molecular flexibility index (Phi) is 4.72. The Balaban J connectivity index is 1.81. The van der Waals surface area contributed by atoms with Crippen molar-refractivity contribution >= 4 is 10.0 Å². The molecular weight excluding hydrogens is 338 g/mol. The van der Waals surface area contributed by atoms with Gasteiger partial charge in [-0.25, -0.2) is 8.42 Å². The number of rotatable bonds is 3. The van der Waals surface area contributed by atoms with E-state index in [0.29, 0.717) is 29.7 Å². The zero-order valence-corrected chi connectivity index (χ0v) is 16.0. The summed E-state index contributed by atoms with van der Waals surface area (Å²) in [7, 11) is -3.51. The summed E-state index contributed by atoms with van der Waals surface area (Å²) in [5, 5.41) is 3.82. The predicted octanol–water partition coefficient (Wildman–Crippen LogP) is 3.24. The first-order valence-electron chi connectivity index (χ1n) is 8.59. The Labute approximate surface area is 149 Å². The molecule has 136 valence electrons. The van der Waals surface area contributed by atoms with Gasteiger partial charge in [-0.1, -0.05) is 38.1 Å². The third kappa shape index (κ3) is 3.77. The second-order valence-corrected chi connectivity index (χ2v) is 9.59. The number of nitrogens with zero attached hydrogens (tertiary/aromatic N) is 3. The third-order valence-corrected chi connectivity index (χ3v) is 6.51. The monoisotopic (exact) mass is 363 g/mol. The SMILES string of the molecule is Cc1noc(C2CCCN(S(=O)(=O)c3ccc(C(C)(C)C)cc3)C2)n1. The first kappa shape index (κ1) is 18.1. The molecule has 1 aromatic carbocycles. The van der Waals surface area contributed by atoms with Crippen LogP contribution in [-0.2, 0) is 15.4 Å². The van der Waals surface area contributed by atoms with E-state index in [2.05, 4.69) is 30.9 Å². The smallest absolute Gasteiger partial charge is 0.243 e. The highest BCUT2D eigenvalue weighted by atomic mass is 32.2. The van der Waals surface area contributed by atoms with Crippen LogP contribution in [0.3, 0.4) is 0 Å². The molecular formula is C18H25N3O3S. The van der Waals surface area contributed by atoms with E-state index in [1.54, 1.807) is 19.1 Å². The van der Waals surface area contributed by atoms with E-state index in [1.807, 2.05) is 12.1 Å². The van der Waals surface area contributed by atoms with Crippen LogP contribution in [0.15, 0.2) is 33.7 Å². The molecule has 1 aliphatic rings. The minimum absolute atomic E-state index is 0.00563. The fourth-order valence-corrected chi connectivity index (χ4v) is 4.64. The van der Waals surface area contributed by atoms with Gasteiger partial charge in [0.15, 0.2) is 5.82 Å². The maximum Gasteiger partial charge on any atom is 0.243 e. The maximum atomic E-state index is 13.0. The Hall–Kier alpha value is -1.73. The minimum Gasteiger partial charge on any atom is -0.339 e. The topological polar surface area (TPSA) is 76.3 Å². The van der Waals surface area contributed by atoms with Gasteiger partial charge in [-0.2, -0.15) is 9.29 Å². The lowest BCUT2D eigenvalue weighted by atomic mass is 9.87. The van der Waals surface area contributed by atoms with Crippen LogP contribution in [-0.4, -0.2) is 36.0 Å². The van der Waals surface area contributed by atoms with Crippen molar-refractivity contribution in [1.82, 2.24) is 14.4 Å². The Morgan fingerprint density at radius 3 is 2.44 bits per heavy atom. The van der Waals surface area contributed by atoms with Crippen LogP contribution >= 0.6 is 0 Å². The second-order valence-electron chi connectivity index (χ2n) is 7.66. The molecule has 7 heteroatoms. The van der Waals surface area contributed by atoms with Crippen LogP contribution in [0, 0.1) is 6.92 Å². The van der Waals surface area contributed by atoms with Gasteiger partial charge >= 0.3 is 0 Å². The summed E-state index contributed by atoms with van der Waals surface area (Å²) in [5.41, 5.74) is 1.11. The summed E-state index contributed by atoms with van der Waals surface area (Å²) in [4.78, 5) is 4.60. The van der Waals surface area contributed by atoms with Gasteiger partial charge in [-0.15, -0.1) is 0 Å². The quantitative estimate of drug-likeness (QED) is 0.837. The van der Waals surface area contributed by atoms with Gasteiger partial charge in [-0.05, 0) is 42.9 Å². The molecule has 0 aliphatic carbocycles. The summed E-state index contributed by atoms with van der Waals surface area (Å²) in [5.74, 6) is 1.06. The zero-order chi connectivity index (χ0) is 18.2. The first-order chi connectivity index (χ1) is 11.7. The molecule has 2 heterocycles. The largest absolute Gasteiger partial charge is 0.339 e. The fourth-order valence-electron chi connectivity index (χ4n) is 3.12. The lowest BCUT2D eigenvalue weighted by molar-refractivity contribution is 0.265. The highest BCUT2D eigenvalue weighted by Crippen LogP contribution is 2.30. The number of sulfonamides is 1. The summed E-state index contributed by atoms with van der Waals surface area (Å²) >= 11 is 0. The van der Waals surface area contributed by atoms with Crippen LogP contribution in [0.1, 0.15) is 56.8 Å². The van der Waals surface area contributed by atoms with Crippen molar-refractivity contribution in [2.45, 2.75) is 56.8 Å². The van der Waals surface area contributed by atoms with Gasteiger partial charge in [0.1, 0.15) is 0 Å². The van der Waals surface area contributed by atoms with Crippen molar-refractivity contribution < 1.29 is 12.9 Å². The van der Waals surface area contributed by atoms with Crippen LogP contribution in [0.25, 0.3) is 0 Å². The first-order valence-corrected chi connectivity index (χ1v) is 10.0. The molecule has 0 amide bonds. The summed E-state index contributed by atoms with van der Waals surface area (Å²) < 4.78 is 32.8. The molecule has 1 aromatic heterocycles. The third-order valence-electron chi connectivity index (χ3n) is 4.63. The number of aromatic nitrogens is 2. The molecule has 6 nitrogen and oxygen atoms in total. The van der Waals surface area contributed by atoms with E-state index < -0.39 is 10.0 Å². The maximum absolute atomic E-state index is 13.0. The van der Waals surface area contributed by atoms with Gasteiger partial charge in [-0.3, -0.25) is 0 Å². The molecule has 1 unspecified atom stereocenters. The highest BCUT2D eigenvalue weighted by Gasteiger charge is 2.33. The lowest BCUT2D eigenvalue weighted by Crippen LogP contribution is -2.39. The molecule has 1 atom stereocenters. The Bertz CT molecular complexity index is 835. The van der Waals surface area contributed by atoms with Crippen molar-refractivity contribution in [3.8, 4) is 0 Å². The second kappa shape index (κ2) is 6.53. The van der Waals surface area contributed by atoms with E-state index in [4.69, 9.17) is 4.52 Å². The number of hydrogen-bond acceptors (Lipinski definition) is 5. The summed E-state index contributed by atoms with van der Waals surface area (Å²) in [6, 6.07) is 7.21. The molecule has 2 aromatic rings. The molecule has 3 rings (SSSR count). The van der Waals surface area contributed by atoms with Gasteiger partial charge in [0.2, 0.25) is 15.9 Å². The summed E-state index contributed by atoms with van der Waals surface area (Å²) in [6.07, 6.45) is 1.64. The highest BCUT2D eigenvalue weighted by molar-refractivity contribution is 7.89. The fraction of sp³-hybridized carbons (Fsp3) is 0.556. The Morgan fingerprint density at radius 2 is 1.88 bits per heavy atom. The van der Waals surface area contributed by atoms with Crippen molar-refractivity contribution in [2.24, 2.45) is 0 Å². The molecule has 1 saturated heterocycles. The van der Waals surface area contributed by atoms with Crippen LogP contribution in [0.5, 0.6) is 0 Å². The van der Waals surface area contributed by atoms with Crippen LogP contribution in [0.2, 0.25) is 0 Å². The average Bonchev–Trinajstić information content (AvgIpc) is 3.01. The van der Waals surface area contributed by atoms with E-state index >= 15 is 0 Å². The van der Waals surface area contributed by atoms with E-state index in [0.717, 1.165) is 18.4 Å². The van der Waals surface area contributed by atoms with E-state index in [9.17, 15) is 8.42 Å². The molecule has 0 saturated carbocycles. The normalized spacial score (nSPS) is 19.9. The summed E-state index contributed by atoms with van der Waals surface area (Å²) in [6.45, 7) is 8.99. The van der Waals surface area contributed by atoms with Crippen molar-refractivity contribution in [3.63, 3.8) is 0 Å². The van der Waals surface area contributed by atoms with Gasteiger partial charge < -0.3 is 4.52 Å². The van der Waals surface area contributed by atoms with Gasteiger partial charge in [0.05, 0.1) is 10.8 Å². The molecule has 25 heavy (non-hydrogen) atoms. The van der Waals surface area contributed by atoms with Gasteiger partial charge in [0, 0.05) is 13.1 Å². The molecule has 1 fully saturated rings. The lowest BCUT2D eigenvalue weighted by Gasteiger charge is -2.30. The average molecular weight is 363 g/mol. The number of hydrogen-bond donors (Lipinski definition) is 0. The van der Waals surface area contributed by atoms with E-state index in [-0.39, 0.29) is 11.3 Å².